The Morgan fingerprint density at radius 1 is 1.60 bits per heavy atom. The van der Waals surface area contributed by atoms with Gasteiger partial charge in [0.15, 0.2) is 0 Å². The van der Waals surface area contributed by atoms with Crippen molar-refractivity contribution in [2.24, 2.45) is 0 Å². The Bertz CT molecular complexity index is 163. The second-order valence-corrected chi connectivity index (χ2v) is 2.54. The molecule has 4 nitrogen and oxygen atoms in total. The van der Waals surface area contributed by atoms with Gasteiger partial charge in [0.25, 0.3) is 5.06 Å². The fourth-order valence-corrected chi connectivity index (χ4v) is 0.422. The van der Waals surface area contributed by atoms with E-state index in [1.54, 1.807) is 0 Å². The van der Waals surface area contributed by atoms with Crippen LogP contribution < -0.4 is 0 Å². The first kappa shape index (κ1) is 9.23. The average Bonchev–Trinajstić information content (AvgIpc) is 1.60. The van der Waals surface area contributed by atoms with Gasteiger partial charge in [0.1, 0.15) is 0 Å². The average molecular weight is 167 g/mol. The van der Waals surface area contributed by atoms with Crippen LogP contribution in [0.1, 0.15) is 13.8 Å². The molecular formula is C5H7ClO4. The zero-order valence-corrected chi connectivity index (χ0v) is 6.31. The second-order valence-electron chi connectivity index (χ2n) is 1.82. The van der Waals surface area contributed by atoms with E-state index in [1.165, 1.54) is 0 Å². The van der Waals surface area contributed by atoms with Crippen molar-refractivity contribution in [2.75, 3.05) is 0 Å². The molecule has 0 aliphatic heterocycles. The molecule has 0 saturated carbocycles. The molecule has 0 aromatic carbocycles. The molecule has 0 radical (unpaired) electrons. The number of alkyl halides is 1. The highest BCUT2D eigenvalue weighted by atomic mass is 35.5. The predicted molar refractivity (Wildman–Crippen MR) is 33.7 cm³/mol. The molecule has 0 aliphatic rings. The lowest BCUT2D eigenvalue weighted by Crippen LogP contribution is -2.33. The van der Waals surface area contributed by atoms with Crippen LogP contribution >= 0.6 is 11.6 Å². The molecule has 58 valence electrons. The molecule has 0 saturated heterocycles. The number of carboxylic acids is 1. The van der Waals surface area contributed by atoms with E-state index in [2.05, 4.69) is 4.74 Å². The summed E-state index contributed by atoms with van der Waals surface area (Å²) in [5, 5.41) is 6.34. The Morgan fingerprint density at radius 3 is 2.10 bits per heavy atom. The van der Waals surface area contributed by atoms with Crippen molar-refractivity contribution in [3.8, 4) is 0 Å². The van der Waals surface area contributed by atoms with Gasteiger partial charge in [-0.1, -0.05) is 11.6 Å². The van der Waals surface area contributed by atoms with Crippen molar-refractivity contribution >= 4 is 23.5 Å². The minimum absolute atomic E-state index is 0.722. The minimum Gasteiger partial charge on any atom is -0.477 e. The van der Waals surface area contributed by atoms with Crippen LogP contribution in [0.2, 0.25) is 0 Å². The molecule has 10 heavy (non-hydrogen) atoms. The van der Waals surface area contributed by atoms with Crippen LogP contribution in [0, 0.1) is 0 Å². The summed E-state index contributed by atoms with van der Waals surface area (Å²) in [5.74, 6) is -2.11. The Hall–Kier alpha value is -0.770. The normalized spacial score (nSPS) is 15.5. The molecule has 1 atom stereocenters. The van der Waals surface area contributed by atoms with Crippen LogP contribution in [0.5, 0.6) is 0 Å². The highest BCUT2D eigenvalue weighted by molar-refractivity contribution is 6.32. The summed E-state index contributed by atoms with van der Waals surface area (Å²) in [7, 11) is 0. The highest BCUT2D eigenvalue weighted by Crippen LogP contribution is 2.15. The lowest BCUT2D eigenvalue weighted by molar-refractivity contribution is -0.165. The van der Waals surface area contributed by atoms with E-state index in [4.69, 9.17) is 16.7 Å². The molecule has 0 spiro atoms. The molecule has 0 fully saturated rings. The molecule has 0 amide bonds. The Labute approximate surface area is 62.7 Å². The largest absolute Gasteiger partial charge is 0.477 e. The smallest absolute Gasteiger partial charge is 0.364 e. The summed E-state index contributed by atoms with van der Waals surface area (Å²) >= 11 is 5.22. The molecular weight excluding hydrogens is 160 g/mol. The first-order chi connectivity index (χ1) is 4.36. The van der Waals surface area contributed by atoms with Crippen molar-refractivity contribution in [2.45, 2.75) is 18.9 Å². The molecule has 1 unspecified atom stereocenters. The number of carbonyl (C=O) groups excluding carboxylic acids is 1. The zero-order chi connectivity index (χ0) is 8.36. The van der Waals surface area contributed by atoms with Crippen LogP contribution in [0.25, 0.3) is 0 Å². The van der Waals surface area contributed by atoms with E-state index in [0.29, 0.717) is 0 Å². The third-order valence-corrected chi connectivity index (χ3v) is 0.956. The number of ether oxygens (including phenoxy) is 1. The standard InChI is InChI=1S/C5H7ClO4/c1-3(7)10-5(2,6)4(8)9/h1-2H3,(H,8,9). The van der Waals surface area contributed by atoms with Gasteiger partial charge in [-0.05, 0) is 0 Å². The topological polar surface area (TPSA) is 63.6 Å². The van der Waals surface area contributed by atoms with Crippen molar-refractivity contribution in [1.82, 2.24) is 0 Å². The maximum absolute atomic E-state index is 10.2. The van der Waals surface area contributed by atoms with E-state index in [9.17, 15) is 9.59 Å². The SMILES string of the molecule is CC(=O)OC(C)(Cl)C(=O)O. The third-order valence-electron chi connectivity index (χ3n) is 0.717. The van der Waals surface area contributed by atoms with Crippen molar-refractivity contribution in [3.05, 3.63) is 0 Å². The van der Waals surface area contributed by atoms with Gasteiger partial charge in [-0.2, -0.15) is 0 Å². The zero-order valence-electron chi connectivity index (χ0n) is 5.55. The monoisotopic (exact) mass is 166 g/mol. The maximum atomic E-state index is 10.2. The quantitative estimate of drug-likeness (QED) is 0.482. The van der Waals surface area contributed by atoms with Crippen LogP contribution in [-0.2, 0) is 14.3 Å². The number of esters is 1. The van der Waals surface area contributed by atoms with E-state index in [-0.39, 0.29) is 0 Å². The molecule has 1 N–H and O–H groups in total. The first-order valence-corrected chi connectivity index (χ1v) is 2.86. The van der Waals surface area contributed by atoms with Gasteiger partial charge in [0.05, 0.1) is 0 Å². The predicted octanol–water partition coefficient (Wildman–Crippen LogP) is 0.589. The van der Waals surface area contributed by atoms with E-state index in [1.807, 2.05) is 0 Å². The summed E-state index contributed by atoms with van der Waals surface area (Å²) in [5.41, 5.74) is 0. The molecule has 0 heterocycles. The number of carbonyl (C=O) groups is 2. The van der Waals surface area contributed by atoms with Crippen molar-refractivity contribution in [1.29, 1.82) is 0 Å². The van der Waals surface area contributed by atoms with Gasteiger partial charge in [0, 0.05) is 13.8 Å². The van der Waals surface area contributed by atoms with E-state index < -0.39 is 17.0 Å². The molecule has 5 heteroatoms. The highest BCUT2D eigenvalue weighted by Gasteiger charge is 2.33. The number of aliphatic carboxylic acids is 1. The van der Waals surface area contributed by atoms with Gasteiger partial charge in [-0.3, -0.25) is 4.79 Å². The number of carboxylic acid groups (broad SMARTS) is 1. The van der Waals surface area contributed by atoms with Crippen molar-refractivity contribution in [3.63, 3.8) is 0 Å². The Morgan fingerprint density at radius 2 is 2.00 bits per heavy atom. The van der Waals surface area contributed by atoms with E-state index >= 15 is 0 Å². The number of hydrogen-bond acceptors (Lipinski definition) is 3. The number of hydrogen-bond donors (Lipinski definition) is 1. The summed E-state index contributed by atoms with van der Waals surface area (Å²) in [6, 6.07) is 0. The van der Waals surface area contributed by atoms with Crippen LogP contribution in [-0.4, -0.2) is 22.1 Å². The van der Waals surface area contributed by atoms with Gasteiger partial charge in [-0.15, -0.1) is 0 Å². The minimum atomic E-state index is -1.94. The fraction of sp³-hybridized carbons (Fsp3) is 0.600. The van der Waals surface area contributed by atoms with Gasteiger partial charge in [0.2, 0.25) is 0 Å². The van der Waals surface area contributed by atoms with Gasteiger partial charge < -0.3 is 9.84 Å². The summed E-state index contributed by atoms with van der Waals surface area (Å²) in [6.07, 6.45) is 0. The summed E-state index contributed by atoms with van der Waals surface area (Å²) in [6.45, 7) is 2.17. The number of rotatable bonds is 2. The first-order valence-electron chi connectivity index (χ1n) is 2.48. The molecule has 0 bridgehead atoms. The third kappa shape index (κ3) is 2.68. The lowest BCUT2D eigenvalue weighted by atomic mass is 10.4. The van der Waals surface area contributed by atoms with Crippen LogP contribution in [0.3, 0.4) is 0 Å². The molecule has 0 aromatic heterocycles. The maximum Gasteiger partial charge on any atom is 0.364 e. The van der Waals surface area contributed by atoms with Crippen molar-refractivity contribution < 1.29 is 19.4 Å². The Balaban J connectivity index is 4.13. The number of halogens is 1. The molecule has 0 aliphatic carbocycles. The fourth-order valence-electron chi connectivity index (χ4n) is 0.314. The summed E-state index contributed by atoms with van der Waals surface area (Å²) < 4.78 is 4.23. The second kappa shape index (κ2) is 2.88. The van der Waals surface area contributed by atoms with E-state index in [0.717, 1.165) is 13.8 Å². The molecule has 0 aromatic rings. The molecule has 0 rings (SSSR count). The lowest BCUT2D eigenvalue weighted by Gasteiger charge is -2.15. The van der Waals surface area contributed by atoms with Crippen LogP contribution in [0.4, 0.5) is 0 Å². The summed E-state index contributed by atoms with van der Waals surface area (Å²) in [4.78, 5) is 20.3. The van der Waals surface area contributed by atoms with Crippen LogP contribution in [0.15, 0.2) is 0 Å². The Kier molecular flexibility index (Phi) is 2.65. The van der Waals surface area contributed by atoms with Gasteiger partial charge in [-0.25, -0.2) is 4.79 Å². The van der Waals surface area contributed by atoms with Gasteiger partial charge >= 0.3 is 11.9 Å².